The van der Waals surface area contributed by atoms with Crippen LogP contribution >= 0.6 is 0 Å². The summed E-state index contributed by atoms with van der Waals surface area (Å²) in [5, 5.41) is 9.04. The summed E-state index contributed by atoms with van der Waals surface area (Å²) in [5.74, 6) is -1.65. The number of nitrogens with zero attached hydrogens (tertiary/aromatic N) is 1. The third kappa shape index (κ3) is 2.60. The third-order valence-electron chi connectivity index (χ3n) is 4.11. The first-order valence-corrected chi connectivity index (χ1v) is 7.25. The molecule has 0 radical (unpaired) electrons. The number of rotatable bonds is 3. The minimum absolute atomic E-state index is 0.0783. The summed E-state index contributed by atoms with van der Waals surface area (Å²) in [5.41, 5.74) is 4.19. The lowest BCUT2D eigenvalue weighted by atomic mass is 10.0. The Morgan fingerprint density at radius 2 is 1.82 bits per heavy atom. The molecule has 1 atom stereocenters. The second-order valence-corrected chi connectivity index (χ2v) is 5.61. The van der Waals surface area contributed by atoms with Crippen molar-refractivity contribution in [2.24, 2.45) is 5.92 Å². The van der Waals surface area contributed by atoms with Crippen LogP contribution in [0.4, 0.5) is 5.69 Å². The fraction of sp³-hybridized carbons (Fsp3) is 0.222. The van der Waals surface area contributed by atoms with Crippen molar-refractivity contribution in [2.75, 3.05) is 11.4 Å². The predicted molar refractivity (Wildman–Crippen MR) is 84.7 cm³/mol. The molecule has 0 saturated carbocycles. The zero-order chi connectivity index (χ0) is 15.7. The maximum atomic E-state index is 12.0. The first-order valence-electron chi connectivity index (χ1n) is 7.25. The van der Waals surface area contributed by atoms with E-state index in [0.717, 1.165) is 16.8 Å². The van der Waals surface area contributed by atoms with Crippen molar-refractivity contribution >= 4 is 17.6 Å². The molecule has 1 heterocycles. The van der Waals surface area contributed by atoms with Crippen molar-refractivity contribution in [1.29, 1.82) is 0 Å². The molecule has 0 bridgehead atoms. The smallest absolute Gasteiger partial charge is 0.308 e. The summed E-state index contributed by atoms with van der Waals surface area (Å²) in [6, 6.07) is 15.8. The highest BCUT2D eigenvalue weighted by molar-refractivity contribution is 5.99. The van der Waals surface area contributed by atoms with E-state index in [1.165, 1.54) is 5.56 Å². The molecule has 1 aliphatic rings. The van der Waals surface area contributed by atoms with Crippen LogP contribution in [0.2, 0.25) is 0 Å². The van der Waals surface area contributed by atoms with E-state index in [1.807, 2.05) is 36.4 Å². The van der Waals surface area contributed by atoms with Gasteiger partial charge in [0.2, 0.25) is 5.91 Å². The van der Waals surface area contributed by atoms with Crippen LogP contribution in [0.3, 0.4) is 0 Å². The number of anilines is 1. The Labute approximate surface area is 129 Å². The summed E-state index contributed by atoms with van der Waals surface area (Å²) in [6.07, 6.45) is 0.0783. The largest absolute Gasteiger partial charge is 0.481 e. The lowest BCUT2D eigenvalue weighted by Gasteiger charge is -2.17. The average molecular weight is 295 g/mol. The molecule has 1 saturated heterocycles. The standard InChI is InChI=1S/C18H17NO3/c1-12-4-2-3-5-16(12)13-6-8-15(9-7-13)19-11-14(18(21)22)10-17(19)20/h2-9,14H,10-11H2,1H3,(H,21,22). The van der Waals surface area contributed by atoms with Gasteiger partial charge < -0.3 is 10.0 Å². The van der Waals surface area contributed by atoms with E-state index in [2.05, 4.69) is 19.1 Å². The Balaban J connectivity index is 1.85. The maximum Gasteiger partial charge on any atom is 0.308 e. The molecule has 0 aliphatic carbocycles. The Kier molecular flexibility index (Phi) is 3.67. The Hall–Kier alpha value is -2.62. The molecule has 2 aromatic carbocycles. The van der Waals surface area contributed by atoms with Gasteiger partial charge in [-0.2, -0.15) is 0 Å². The zero-order valence-corrected chi connectivity index (χ0v) is 12.3. The van der Waals surface area contributed by atoms with E-state index >= 15 is 0 Å². The lowest BCUT2D eigenvalue weighted by molar-refractivity contribution is -0.141. The normalized spacial score (nSPS) is 17.8. The third-order valence-corrected chi connectivity index (χ3v) is 4.11. The summed E-state index contributed by atoms with van der Waals surface area (Å²) in [4.78, 5) is 24.5. The minimum atomic E-state index is -0.910. The van der Waals surface area contributed by atoms with E-state index in [-0.39, 0.29) is 18.9 Å². The van der Waals surface area contributed by atoms with E-state index in [0.29, 0.717) is 0 Å². The first kappa shape index (κ1) is 14.3. The fourth-order valence-corrected chi connectivity index (χ4v) is 2.84. The monoisotopic (exact) mass is 295 g/mol. The maximum absolute atomic E-state index is 12.0. The van der Waals surface area contributed by atoms with Gasteiger partial charge in [0, 0.05) is 18.7 Å². The summed E-state index contributed by atoms with van der Waals surface area (Å²) in [6.45, 7) is 2.31. The van der Waals surface area contributed by atoms with E-state index in [9.17, 15) is 9.59 Å². The zero-order valence-electron chi connectivity index (χ0n) is 12.3. The summed E-state index contributed by atoms with van der Waals surface area (Å²) in [7, 11) is 0. The lowest BCUT2D eigenvalue weighted by Crippen LogP contribution is -2.25. The predicted octanol–water partition coefficient (Wildman–Crippen LogP) is 3.10. The van der Waals surface area contributed by atoms with Crippen LogP contribution in [-0.2, 0) is 9.59 Å². The minimum Gasteiger partial charge on any atom is -0.481 e. The van der Waals surface area contributed by atoms with Gasteiger partial charge in [-0.05, 0) is 35.7 Å². The molecule has 1 N–H and O–H groups in total. The van der Waals surface area contributed by atoms with Gasteiger partial charge in [-0.25, -0.2) is 0 Å². The van der Waals surface area contributed by atoms with Crippen LogP contribution < -0.4 is 4.90 Å². The molecule has 2 aromatic rings. The number of hydrogen-bond donors (Lipinski definition) is 1. The molecule has 0 spiro atoms. The van der Waals surface area contributed by atoms with Crippen molar-refractivity contribution in [3.63, 3.8) is 0 Å². The van der Waals surface area contributed by atoms with Crippen molar-refractivity contribution in [3.8, 4) is 11.1 Å². The molecular weight excluding hydrogens is 278 g/mol. The van der Waals surface area contributed by atoms with Crippen LogP contribution in [-0.4, -0.2) is 23.5 Å². The summed E-state index contributed by atoms with van der Waals surface area (Å²) >= 11 is 0. The quantitative estimate of drug-likeness (QED) is 0.946. The van der Waals surface area contributed by atoms with Gasteiger partial charge in [0.15, 0.2) is 0 Å². The van der Waals surface area contributed by atoms with Gasteiger partial charge in [-0.3, -0.25) is 9.59 Å². The van der Waals surface area contributed by atoms with Gasteiger partial charge in [0.25, 0.3) is 0 Å². The van der Waals surface area contributed by atoms with Crippen molar-refractivity contribution in [2.45, 2.75) is 13.3 Å². The van der Waals surface area contributed by atoms with Crippen LogP contribution in [0, 0.1) is 12.8 Å². The number of carboxylic acid groups (broad SMARTS) is 1. The Morgan fingerprint density at radius 1 is 1.14 bits per heavy atom. The number of carbonyl (C=O) groups excluding carboxylic acids is 1. The van der Waals surface area contributed by atoms with Gasteiger partial charge in [0.1, 0.15) is 0 Å². The topological polar surface area (TPSA) is 57.6 Å². The molecular formula is C18H17NO3. The van der Waals surface area contributed by atoms with Gasteiger partial charge in [-0.1, -0.05) is 36.4 Å². The average Bonchev–Trinajstić information content (AvgIpc) is 2.90. The molecule has 1 unspecified atom stereocenters. The molecule has 0 aromatic heterocycles. The molecule has 22 heavy (non-hydrogen) atoms. The molecule has 1 amide bonds. The van der Waals surface area contributed by atoms with Gasteiger partial charge in [-0.15, -0.1) is 0 Å². The summed E-state index contributed by atoms with van der Waals surface area (Å²) < 4.78 is 0. The highest BCUT2D eigenvalue weighted by Gasteiger charge is 2.34. The second kappa shape index (κ2) is 5.64. The number of aryl methyl sites for hydroxylation is 1. The SMILES string of the molecule is Cc1ccccc1-c1ccc(N2CC(C(=O)O)CC2=O)cc1. The van der Waals surface area contributed by atoms with Crippen molar-refractivity contribution in [1.82, 2.24) is 0 Å². The highest BCUT2D eigenvalue weighted by Crippen LogP contribution is 2.29. The number of benzene rings is 2. The van der Waals surface area contributed by atoms with Crippen LogP contribution in [0.25, 0.3) is 11.1 Å². The molecule has 4 nitrogen and oxygen atoms in total. The van der Waals surface area contributed by atoms with Crippen LogP contribution in [0.5, 0.6) is 0 Å². The Bertz CT molecular complexity index is 721. The van der Waals surface area contributed by atoms with Crippen molar-refractivity contribution < 1.29 is 14.7 Å². The number of carboxylic acids is 1. The number of carbonyl (C=O) groups is 2. The number of amides is 1. The van der Waals surface area contributed by atoms with Crippen molar-refractivity contribution in [3.05, 3.63) is 54.1 Å². The van der Waals surface area contributed by atoms with Crippen LogP contribution in [0.1, 0.15) is 12.0 Å². The van der Waals surface area contributed by atoms with Gasteiger partial charge >= 0.3 is 5.97 Å². The number of aliphatic carboxylic acids is 1. The number of hydrogen-bond acceptors (Lipinski definition) is 2. The van der Waals surface area contributed by atoms with Gasteiger partial charge in [0.05, 0.1) is 5.92 Å². The molecule has 1 fully saturated rings. The fourth-order valence-electron chi connectivity index (χ4n) is 2.84. The molecule has 112 valence electrons. The van der Waals surface area contributed by atoms with E-state index < -0.39 is 11.9 Å². The van der Waals surface area contributed by atoms with E-state index in [1.54, 1.807) is 4.90 Å². The Morgan fingerprint density at radius 3 is 2.41 bits per heavy atom. The molecule has 4 heteroatoms. The van der Waals surface area contributed by atoms with Crippen LogP contribution in [0.15, 0.2) is 48.5 Å². The highest BCUT2D eigenvalue weighted by atomic mass is 16.4. The first-order chi connectivity index (χ1) is 10.6. The molecule has 3 rings (SSSR count). The molecule has 1 aliphatic heterocycles. The second-order valence-electron chi connectivity index (χ2n) is 5.61. The van der Waals surface area contributed by atoms with E-state index in [4.69, 9.17) is 5.11 Å².